The fourth-order valence-electron chi connectivity index (χ4n) is 1.68. The van der Waals surface area contributed by atoms with Gasteiger partial charge in [-0.25, -0.2) is 4.39 Å². The van der Waals surface area contributed by atoms with E-state index < -0.39 is 11.8 Å². The fraction of sp³-hybridized carbons (Fsp3) is 0.0667. The Hall–Kier alpha value is -2.89. The van der Waals surface area contributed by atoms with E-state index in [9.17, 15) is 19.1 Å². The molecule has 2 amide bonds. The van der Waals surface area contributed by atoms with E-state index in [2.05, 4.69) is 10.9 Å². The number of hydrogen-bond acceptors (Lipinski definition) is 3. The van der Waals surface area contributed by atoms with Crippen molar-refractivity contribution in [3.8, 4) is 5.75 Å². The lowest BCUT2D eigenvalue weighted by molar-refractivity contribution is -0.121. The zero-order valence-corrected chi connectivity index (χ0v) is 11.0. The highest BCUT2D eigenvalue weighted by atomic mass is 19.1. The molecular formula is C15H13FN2O3. The van der Waals surface area contributed by atoms with Crippen molar-refractivity contribution in [2.45, 2.75) is 6.42 Å². The maximum absolute atomic E-state index is 12.7. The van der Waals surface area contributed by atoms with Crippen molar-refractivity contribution in [2.24, 2.45) is 0 Å². The molecule has 0 aliphatic rings. The number of phenolic OH excluding ortho intramolecular Hbond substituents is 1. The molecule has 0 aromatic heterocycles. The van der Waals surface area contributed by atoms with E-state index in [1.165, 1.54) is 48.5 Å². The van der Waals surface area contributed by atoms with E-state index in [1.54, 1.807) is 0 Å². The molecule has 0 radical (unpaired) electrons. The van der Waals surface area contributed by atoms with Crippen molar-refractivity contribution in [3.63, 3.8) is 0 Å². The van der Waals surface area contributed by atoms with Gasteiger partial charge in [-0.15, -0.1) is 0 Å². The van der Waals surface area contributed by atoms with Crippen LogP contribution in [0.25, 0.3) is 0 Å². The molecule has 0 unspecified atom stereocenters. The van der Waals surface area contributed by atoms with Gasteiger partial charge in [0.2, 0.25) is 5.91 Å². The number of halogens is 1. The lowest BCUT2D eigenvalue weighted by Gasteiger charge is -2.07. The quantitative estimate of drug-likeness (QED) is 0.750. The second kappa shape index (κ2) is 6.51. The highest BCUT2D eigenvalue weighted by Crippen LogP contribution is 2.10. The number of nitrogens with one attached hydrogen (secondary N) is 2. The summed E-state index contributed by atoms with van der Waals surface area (Å²) in [6.07, 6.45) is 0.0145. The predicted molar refractivity (Wildman–Crippen MR) is 73.8 cm³/mol. The Morgan fingerprint density at radius 3 is 2.43 bits per heavy atom. The highest BCUT2D eigenvalue weighted by Gasteiger charge is 2.08. The van der Waals surface area contributed by atoms with E-state index in [-0.39, 0.29) is 23.6 Å². The molecular weight excluding hydrogens is 275 g/mol. The number of benzene rings is 2. The first-order valence-corrected chi connectivity index (χ1v) is 6.17. The van der Waals surface area contributed by atoms with Crippen LogP contribution in [0.3, 0.4) is 0 Å². The van der Waals surface area contributed by atoms with E-state index in [0.717, 1.165) is 0 Å². The van der Waals surface area contributed by atoms with Crippen LogP contribution in [-0.4, -0.2) is 16.9 Å². The van der Waals surface area contributed by atoms with Gasteiger partial charge < -0.3 is 5.11 Å². The molecule has 3 N–H and O–H groups in total. The van der Waals surface area contributed by atoms with Crippen LogP contribution in [0.5, 0.6) is 5.75 Å². The molecule has 6 heteroatoms. The van der Waals surface area contributed by atoms with Crippen molar-refractivity contribution < 1.29 is 19.1 Å². The van der Waals surface area contributed by atoms with E-state index >= 15 is 0 Å². The number of phenols is 1. The number of hydrogen-bond donors (Lipinski definition) is 3. The van der Waals surface area contributed by atoms with Gasteiger partial charge in [-0.3, -0.25) is 20.4 Å². The second-order valence-electron chi connectivity index (χ2n) is 4.36. The van der Waals surface area contributed by atoms with Crippen molar-refractivity contribution in [1.82, 2.24) is 10.9 Å². The Kier molecular flexibility index (Phi) is 4.50. The van der Waals surface area contributed by atoms with E-state index in [1.807, 2.05) is 0 Å². The summed E-state index contributed by atoms with van der Waals surface area (Å²) in [5.74, 6) is -1.40. The molecule has 21 heavy (non-hydrogen) atoms. The summed E-state index contributed by atoms with van der Waals surface area (Å²) in [5, 5.41) is 9.26. The summed E-state index contributed by atoms with van der Waals surface area (Å²) in [6, 6.07) is 11.2. The minimum Gasteiger partial charge on any atom is -0.508 e. The maximum Gasteiger partial charge on any atom is 0.269 e. The third kappa shape index (κ3) is 4.31. The lowest BCUT2D eigenvalue weighted by Crippen LogP contribution is -2.42. The monoisotopic (exact) mass is 288 g/mol. The van der Waals surface area contributed by atoms with Gasteiger partial charge in [0, 0.05) is 5.56 Å². The van der Waals surface area contributed by atoms with Crippen LogP contribution < -0.4 is 10.9 Å². The standard InChI is InChI=1S/C15H13FN2O3/c16-12-6-4-10(5-7-12)8-14(20)17-18-15(21)11-2-1-3-13(19)9-11/h1-7,9,19H,8H2,(H,17,20)(H,18,21). The van der Waals surface area contributed by atoms with Gasteiger partial charge in [0.15, 0.2) is 0 Å². The molecule has 2 aromatic rings. The zero-order chi connectivity index (χ0) is 15.2. The summed E-state index contributed by atoms with van der Waals surface area (Å²) < 4.78 is 12.7. The first kappa shape index (κ1) is 14.5. The molecule has 0 saturated carbocycles. The van der Waals surface area contributed by atoms with Crippen LogP contribution in [0.4, 0.5) is 4.39 Å². The third-order valence-electron chi connectivity index (χ3n) is 2.70. The number of aromatic hydroxyl groups is 1. The number of hydrazine groups is 1. The molecule has 2 rings (SSSR count). The molecule has 0 saturated heterocycles. The van der Waals surface area contributed by atoms with Crippen molar-refractivity contribution >= 4 is 11.8 Å². The largest absolute Gasteiger partial charge is 0.508 e. The van der Waals surface area contributed by atoms with Gasteiger partial charge in [-0.2, -0.15) is 0 Å². The predicted octanol–water partition coefficient (Wildman–Crippen LogP) is 1.53. The number of carbonyl (C=O) groups excluding carboxylic acids is 2. The normalized spacial score (nSPS) is 9.95. The lowest BCUT2D eigenvalue weighted by atomic mass is 10.1. The molecule has 0 heterocycles. The van der Waals surface area contributed by atoms with E-state index in [4.69, 9.17) is 0 Å². The molecule has 0 atom stereocenters. The van der Waals surface area contributed by atoms with Crippen molar-refractivity contribution in [3.05, 3.63) is 65.5 Å². The summed E-state index contributed by atoms with van der Waals surface area (Å²) in [6.45, 7) is 0. The van der Waals surface area contributed by atoms with Crippen LogP contribution in [0.1, 0.15) is 15.9 Å². The Morgan fingerprint density at radius 2 is 1.76 bits per heavy atom. The highest BCUT2D eigenvalue weighted by molar-refractivity contribution is 5.95. The van der Waals surface area contributed by atoms with Crippen LogP contribution in [0.15, 0.2) is 48.5 Å². The van der Waals surface area contributed by atoms with Gasteiger partial charge in [0.05, 0.1) is 6.42 Å². The van der Waals surface area contributed by atoms with Gasteiger partial charge in [0.25, 0.3) is 5.91 Å². The van der Waals surface area contributed by atoms with Gasteiger partial charge >= 0.3 is 0 Å². The Labute approximate surface area is 120 Å². The zero-order valence-electron chi connectivity index (χ0n) is 11.0. The van der Waals surface area contributed by atoms with Crippen LogP contribution in [0.2, 0.25) is 0 Å². The summed E-state index contributed by atoms with van der Waals surface area (Å²) in [4.78, 5) is 23.3. The first-order chi connectivity index (χ1) is 10.0. The summed E-state index contributed by atoms with van der Waals surface area (Å²) in [7, 11) is 0. The van der Waals surface area contributed by atoms with Crippen LogP contribution in [-0.2, 0) is 11.2 Å². The third-order valence-corrected chi connectivity index (χ3v) is 2.70. The number of carbonyl (C=O) groups is 2. The molecule has 0 bridgehead atoms. The number of rotatable bonds is 3. The van der Waals surface area contributed by atoms with Crippen LogP contribution in [0, 0.1) is 5.82 Å². The smallest absolute Gasteiger partial charge is 0.269 e. The first-order valence-electron chi connectivity index (χ1n) is 6.17. The van der Waals surface area contributed by atoms with Gasteiger partial charge in [-0.05, 0) is 35.9 Å². The van der Waals surface area contributed by atoms with Crippen LogP contribution >= 0.6 is 0 Å². The summed E-state index contributed by atoms with van der Waals surface area (Å²) >= 11 is 0. The minimum atomic E-state index is -0.543. The van der Waals surface area contributed by atoms with E-state index in [0.29, 0.717) is 5.56 Å². The molecule has 2 aromatic carbocycles. The fourth-order valence-corrected chi connectivity index (χ4v) is 1.68. The molecule has 0 spiro atoms. The molecule has 5 nitrogen and oxygen atoms in total. The molecule has 0 aliphatic heterocycles. The number of amides is 2. The SMILES string of the molecule is O=C(Cc1ccc(F)cc1)NNC(=O)c1cccc(O)c1. The molecule has 0 fully saturated rings. The van der Waals surface area contributed by atoms with Gasteiger partial charge in [0.1, 0.15) is 11.6 Å². The van der Waals surface area contributed by atoms with Gasteiger partial charge in [-0.1, -0.05) is 18.2 Å². The average Bonchev–Trinajstić information content (AvgIpc) is 2.47. The van der Waals surface area contributed by atoms with Crippen molar-refractivity contribution in [1.29, 1.82) is 0 Å². The topological polar surface area (TPSA) is 78.4 Å². The average molecular weight is 288 g/mol. The summed E-state index contributed by atoms with van der Waals surface area (Å²) in [5.41, 5.74) is 5.33. The minimum absolute atomic E-state index is 0.0145. The second-order valence-corrected chi connectivity index (χ2v) is 4.36. The molecule has 0 aliphatic carbocycles. The Bertz CT molecular complexity index is 656. The Balaban J connectivity index is 1.86. The maximum atomic E-state index is 12.7. The van der Waals surface area contributed by atoms with Crippen molar-refractivity contribution in [2.75, 3.05) is 0 Å². The molecule has 108 valence electrons. The Morgan fingerprint density at radius 1 is 1.05 bits per heavy atom.